The number of nitrogens with zero attached hydrogens (tertiary/aromatic N) is 2. The Balaban J connectivity index is 0.00000288. The van der Waals surface area contributed by atoms with Crippen molar-refractivity contribution < 1.29 is 19.2 Å². The van der Waals surface area contributed by atoms with Gasteiger partial charge in [-0.25, -0.2) is 0 Å². The number of nitro benzene ring substituents is 1. The minimum atomic E-state index is -0.528. The fourth-order valence-corrected chi connectivity index (χ4v) is 2.65. The molecule has 0 aliphatic carbocycles. The van der Waals surface area contributed by atoms with Crippen LogP contribution in [0.2, 0.25) is 0 Å². The van der Waals surface area contributed by atoms with Gasteiger partial charge in [-0.15, -0.1) is 12.4 Å². The van der Waals surface area contributed by atoms with Gasteiger partial charge in [0.1, 0.15) is 5.75 Å². The molecule has 0 saturated carbocycles. The van der Waals surface area contributed by atoms with Gasteiger partial charge in [0.2, 0.25) is 5.75 Å². The number of amides is 1. The van der Waals surface area contributed by atoms with Gasteiger partial charge in [-0.05, 0) is 32.0 Å². The lowest BCUT2D eigenvalue weighted by Crippen LogP contribution is -2.34. The molecule has 1 aromatic carbocycles. The number of hydrogen-bond donors (Lipinski definition) is 1. The van der Waals surface area contributed by atoms with Crippen LogP contribution in [0.5, 0.6) is 11.5 Å². The van der Waals surface area contributed by atoms with Crippen molar-refractivity contribution in [2.45, 2.75) is 6.42 Å². The molecule has 1 amide bonds. The summed E-state index contributed by atoms with van der Waals surface area (Å²) < 4.78 is 10.4. The number of halogens is 1. The molecule has 1 unspecified atom stereocenters. The Morgan fingerprint density at radius 1 is 1.50 bits per heavy atom. The summed E-state index contributed by atoms with van der Waals surface area (Å²) in [5.74, 6) is 0.867. The van der Waals surface area contributed by atoms with E-state index in [9.17, 15) is 14.9 Å². The Morgan fingerprint density at radius 3 is 2.88 bits per heavy atom. The molecule has 1 saturated heterocycles. The molecule has 9 heteroatoms. The summed E-state index contributed by atoms with van der Waals surface area (Å²) in [4.78, 5) is 24.2. The molecule has 1 N–H and O–H groups in total. The second-order valence-electron chi connectivity index (χ2n) is 5.43. The van der Waals surface area contributed by atoms with Gasteiger partial charge in [-0.3, -0.25) is 14.9 Å². The van der Waals surface area contributed by atoms with E-state index in [1.54, 1.807) is 4.90 Å². The molecule has 8 nitrogen and oxygen atoms in total. The van der Waals surface area contributed by atoms with Crippen molar-refractivity contribution in [3.8, 4) is 11.5 Å². The minimum Gasteiger partial charge on any atom is -0.490 e. The quantitative estimate of drug-likeness (QED) is 0.585. The van der Waals surface area contributed by atoms with Crippen molar-refractivity contribution in [2.75, 3.05) is 40.4 Å². The summed E-state index contributed by atoms with van der Waals surface area (Å²) >= 11 is 0. The third-order valence-electron chi connectivity index (χ3n) is 3.84. The van der Waals surface area contributed by atoms with E-state index in [0.29, 0.717) is 11.7 Å². The Bertz CT molecular complexity index is 584. The zero-order valence-corrected chi connectivity index (χ0v) is 14.5. The number of likely N-dealkylation sites (tertiary alicyclic amines) is 1. The largest absolute Gasteiger partial charge is 0.490 e. The fourth-order valence-electron chi connectivity index (χ4n) is 2.65. The molecular formula is C15H22ClN3O5. The van der Waals surface area contributed by atoms with Crippen LogP contribution in [0.4, 0.5) is 5.69 Å². The lowest BCUT2D eigenvalue weighted by atomic mass is 10.1. The maximum atomic E-state index is 12.1. The smallest absolute Gasteiger partial charge is 0.311 e. The molecule has 1 fully saturated rings. The van der Waals surface area contributed by atoms with Gasteiger partial charge in [0.05, 0.1) is 12.0 Å². The maximum Gasteiger partial charge on any atom is 0.311 e. The molecule has 1 heterocycles. The van der Waals surface area contributed by atoms with Gasteiger partial charge in [0.25, 0.3) is 5.91 Å². The van der Waals surface area contributed by atoms with Crippen LogP contribution in [0.25, 0.3) is 0 Å². The molecule has 0 aromatic heterocycles. The summed E-state index contributed by atoms with van der Waals surface area (Å²) in [6.07, 6.45) is 0.984. The van der Waals surface area contributed by atoms with E-state index < -0.39 is 4.92 Å². The minimum absolute atomic E-state index is 0. The molecule has 1 aromatic rings. The van der Waals surface area contributed by atoms with Crippen molar-refractivity contribution in [1.82, 2.24) is 10.2 Å². The summed E-state index contributed by atoms with van der Waals surface area (Å²) in [7, 11) is 3.25. The average Bonchev–Trinajstić information content (AvgIpc) is 3.01. The number of nitrogens with one attached hydrogen (secondary N) is 1. The number of rotatable bonds is 7. The molecule has 134 valence electrons. The third-order valence-corrected chi connectivity index (χ3v) is 3.84. The number of ether oxygens (including phenoxy) is 2. The summed E-state index contributed by atoms with van der Waals surface area (Å²) in [6.45, 7) is 2.27. The van der Waals surface area contributed by atoms with Gasteiger partial charge in [-0.2, -0.15) is 0 Å². The van der Waals surface area contributed by atoms with E-state index in [4.69, 9.17) is 9.47 Å². The standard InChI is InChI=1S/C15H21N3O5.ClH/c1-16-8-11-5-6-17(9-11)15(19)10-23-12-3-4-13(18(20)21)14(7-12)22-2;/h3-4,7,11,16H,5-6,8-10H2,1-2H3;1H. The van der Waals surface area contributed by atoms with Crippen molar-refractivity contribution in [3.05, 3.63) is 28.3 Å². The van der Waals surface area contributed by atoms with Crippen LogP contribution in [0.3, 0.4) is 0 Å². The normalized spacial score (nSPS) is 16.4. The van der Waals surface area contributed by atoms with Crippen LogP contribution >= 0.6 is 12.4 Å². The van der Waals surface area contributed by atoms with E-state index in [-0.39, 0.29) is 36.4 Å². The van der Waals surface area contributed by atoms with Crippen LogP contribution in [0.1, 0.15) is 6.42 Å². The zero-order chi connectivity index (χ0) is 16.8. The molecule has 1 aliphatic rings. The molecule has 1 aliphatic heterocycles. The lowest BCUT2D eigenvalue weighted by molar-refractivity contribution is -0.385. The van der Waals surface area contributed by atoms with E-state index >= 15 is 0 Å². The highest BCUT2D eigenvalue weighted by atomic mass is 35.5. The first kappa shape index (κ1) is 20.0. The monoisotopic (exact) mass is 359 g/mol. The first-order valence-electron chi connectivity index (χ1n) is 7.42. The highest BCUT2D eigenvalue weighted by Crippen LogP contribution is 2.30. The maximum absolute atomic E-state index is 12.1. The highest BCUT2D eigenvalue weighted by Gasteiger charge is 2.26. The Morgan fingerprint density at radius 2 is 2.25 bits per heavy atom. The van der Waals surface area contributed by atoms with Gasteiger partial charge < -0.3 is 19.7 Å². The topological polar surface area (TPSA) is 93.9 Å². The molecule has 1 atom stereocenters. The van der Waals surface area contributed by atoms with Crippen molar-refractivity contribution in [2.24, 2.45) is 5.92 Å². The number of hydrogen-bond acceptors (Lipinski definition) is 6. The van der Waals surface area contributed by atoms with Crippen LogP contribution in [-0.4, -0.2) is 56.1 Å². The Labute approximate surface area is 146 Å². The van der Waals surface area contributed by atoms with E-state index in [0.717, 1.165) is 26.1 Å². The third kappa shape index (κ3) is 4.97. The highest BCUT2D eigenvalue weighted by molar-refractivity contribution is 5.85. The summed E-state index contributed by atoms with van der Waals surface area (Å²) in [5, 5.41) is 14.0. The molecule has 24 heavy (non-hydrogen) atoms. The Kier molecular flexibility index (Phi) is 7.73. The van der Waals surface area contributed by atoms with E-state index in [2.05, 4.69) is 5.32 Å². The lowest BCUT2D eigenvalue weighted by Gasteiger charge is -2.17. The van der Waals surface area contributed by atoms with Crippen molar-refractivity contribution in [1.29, 1.82) is 0 Å². The number of methoxy groups -OCH3 is 1. The molecule has 0 bridgehead atoms. The first-order valence-corrected chi connectivity index (χ1v) is 7.42. The van der Waals surface area contributed by atoms with E-state index in [1.807, 2.05) is 7.05 Å². The second-order valence-corrected chi connectivity index (χ2v) is 5.43. The van der Waals surface area contributed by atoms with Crippen LogP contribution in [-0.2, 0) is 4.79 Å². The van der Waals surface area contributed by atoms with Gasteiger partial charge in [-0.1, -0.05) is 0 Å². The number of nitro groups is 1. The summed E-state index contributed by atoms with van der Waals surface area (Å²) in [5.41, 5.74) is -0.138. The second kappa shape index (κ2) is 9.29. The SMILES string of the molecule is CNCC1CCN(C(=O)COc2ccc([N+](=O)[O-])c(OC)c2)C1.Cl. The molecule has 0 spiro atoms. The van der Waals surface area contributed by atoms with Gasteiger partial charge >= 0.3 is 5.69 Å². The van der Waals surface area contributed by atoms with Crippen LogP contribution in [0.15, 0.2) is 18.2 Å². The number of carbonyl (C=O) groups is 1. The van der Waals surface area contributed by atoms with Gasteiger partial charge in [0.15, 0.2) is 6.61 Å². The molecule has 2 rings (SSSR count). The van der Waals surface area contributed by atoms with Crippen LogP contribution < -0.4 is 14.8 Å². The summed E-state index contributed by atoms with van der Waals surface area (Å²) in [6, 6.07) is 4.18. The fraction of sp³-hybridized carbons (Fsp3) is 0.533. The number of carbonyl (C=O) groups excluding carboxylic acids is 1. The van der Waals surface area contributed by atoms with Gasteiger partial charge in [0, 0.05) is 25.2 Å². The Hall–Kier alpha value is -2.06. The predicted molar refractivity (Wildman–Crippen MR) is 91.0 cm³/mol. The van der Waals surface area contributed by atoms with E-state index in [1.165, 1.54) is 25.3 Å². The molecular weight excluding hydrogens is 338 g/mol. The molecule has 0 radical (unpaired) electrons. The van der Waals surface area contributed by atoms with Crippen molar-refractivity contribution in [3.63, 3.8) is 0 Å². The zero-order valence-electron chi connectivity index (χ0n) is 13.7. The first-order chi connectivity index (χ1) is 11.0. The predicted octanol–water partition coefficient (Wildman–Crippen LogP) is 1.47. The number of benzene rings is 1. The van der Waals surface area contributed by atoms with Crippen LogP contribution in [0, 0.1) is 16.0 Å². The average molecular weight is 360 g/mol. The van der Waals surface area contributed by atoms with Crippen molar-refractivity contribution >= 4 is 24.0 Å².